The molecule has 1 aromatic carbocycles. The highest BCUT2D eigenvalue weighted by atomic mass is 16.3. The van der Waals surface area contributed by atoms with Crippen molar-refractivity contribution in [3.05, 3.63) is 58.6 Å². The van der Waals surface area contributed by atoms with Gasteiger partial charge in [-0.3, -0.25) is 9.59 Å². The lowest BCUT2D eigenvalue weighted by Crippen LogP contribution is -2.43. The Bertz CT molecular complexity index is 997. The molecule has 0 saturated heterocycles. The van der Waals surface area contributed by atoms with Crippen molar-refractivity contribution < 1.29 is 9.90 Å². The highest BCUT2D eigenvalue weighted by molar-refractivity contribution is 5.77. The number of benzene rings is 1. The van der Waals surface area contributed by atoms with Gasteiger partial charge in [0.1, 0.15) is 12.1 Å². The Morgan fingerprint density at radius 3 is 2.50 bits per heavy atom. The normalized spacial score (nSPS) is 11.7. The minimum Gasteiger partial charge on any atom is -0.392 e. The van der Waals surface area contributed by atoms with Crippen molar-refractivity contribution in [3.8, 4) is 11.3 Å². The van der Waals surface area contributed by atoms with Crippen LogP contribution in [0.15, 0.2) is 47.5 Å². The van der Waals surface area contributed by atoms with E-state index in [0.717, 1.165) is 5.56 Å². The topological polar surface area (TPSA) is 88.6 Å². The molecule has 0 atom stereocenters. The molecule has 0 aliphatic carbocycles. The Morgan fingerprint density at radius 1 is 1.19 bits per heavy atom. The highest BCUT2D eigenvalue weighted by Crippen LogP contribution is 2.24. The third-order valence-corrected chi connectivity index (χ3v) is 3.89. The van der Waals surface area contributed by atoms with Crippen molar-refractivity contribution in [2.24, 2.45) is 0 Å². The summed E-state index contributed by atoms with van der Waals surface area (Å²) in [7, 11) is 0. The standard InChI is InChI=1S/C19H22N4O3/c1-19(2,3)20-15(25)11-22-9-10-23-17(18(22)26)14(12-24)16(21-23)13-7-5-4-6-8-13/h4-10,24H,11-12H2,1-3H3,(H,20,25). The molecule has 0 radical (unpaired) electrons. The van der Waals surface area contributed by atoms with E-state index in [9.17, 15) is 14.7 Å². The molecule has 2 N–H and O–H groups in total. The molecule has 0 spiro atoms. The van der Waals surface area contributed by atoms with Gasteiger partial charge in [0.15, 0.2) is 0 Å². The summed E-state index contributed by atoms with van der Waals surface area (Å²) < 4.78 is 2.78. The van der Waals surface area contributed by atoms with E-state index in [1.807, 2.05) is 51.1 Å². The second-order valence-electron chi connectivity index (χ2n) is 7.17. The molecule has 0 saturated carbocycles. The fourth-order valence-electron chi connectivity index (χ4n) is 2.87. The third kappa shape index (κ3) is 3.52. The summed E-state index contributed by atoms with van der Waals surface area (Å²) in [5.41, 5.74) is 1.36. The minimum atomic E-state index is -0.377. The highest BCUT2D eigenvalue weighted by Gasteiger charge is 2.19. The van der Waals surface area contributed by atoms with Crippen LogP contribution in [0.5, 0.6) is 0 Å². The van der Waals surface area contributed by atoms with Crippen molar-refractivity contribution in [2.75, 3.05) is 0 Å². The molecule has 0 bridgehead atoms. The van der Waals surface area contributed by atoms with Gasteiger partial charge >= 0.3 is 0 Å². The number of carbonyl (C=O) groups excluding carboxylic acids is 1. The van der Waals surface area contributed by atoms with E-state index in [0.29, 0.717) is 11.3 Å². The van der Waals surface area contributed by atoms with Gasteiger partial charge < -0.3 is 15.0 Å². The minimum absolute atomic E-state index is 0.0939. The number of aromatic nitrogens is 3. The van der Waals surface area contributed by atoms with Gasteiger partial charge in [0.05, 0.1) is 12.3 Å². The number of hydrogen-bond acceptors (Lipinski definition) is 4. The molecular formula is C19H22N4O3. The quantitative estimate of drug-likeness (QED) is 0.744. The van der Waals surface area contributed by atoms with E-state index in [4.69, 9.17) is 0 Å². The van der Waals surface area contributed by atoms with Gasteiger partial charge in [0.25, 0.3) is 5.56 Å². The lowest BCUT2D eigenvalue weighted by atomic mass is 10.1. The van der Waals surface area contributed by atoms with Crippen molar-refractivity contribution >= 4 is 11.4 Å². The van der Waals surface area contributed by atoms with Crippen molar-refractivity contribution in [2.45, 2.75) is 39.5 Å². The van der Waals surface area contributed by atoms with Crippen LogP contribution < -0.4 is 10.9 Å². The van der Waals surface area contributed by atoms with Crippen LogP contribution in [-0.4, -0.2) is 30.7 Å². The molecule has 3 rings (SSSR count). The number of fused-ring (bicyclic) bond motifs is 1. The van der Waals surface area contributed by atoms with Crippen molar-refractivity contribution in [1.82, 2.24) is 19.5 Å². The lowest BCUT2D eigenvalue weighted by molar-refractivity contribution is -0.123. The molecule has 7 nitrogen and oxygen atoms in total. The number of rotatable bonds is 4. The lowest BCUT2D eigenvalue weighted by Gasteiger charge is -2.20. The Labute approximate surface area is 150 Å². The number of carbonyl (C=O) groups is 1. The van der Waals surface area contributed by atoms with E-state index >= 15 is 0 Å². The summed E-state index contributed by atoms with van der Waals surface area (Å²) in [6.07, 6.45) is 3.15. The second kappa shape index (κ2) is 6.76. The van der Waals surface area contributed by atoms with Crippen LogP contribution in [0.2, 0.25) is 0 Å². The second-order valence-corrected chi connectivity index (χ2v) is 7.17. The van der Waals surface area contributed by atoms with Gasteiger partial charge in [-0.2, -0.15) is 5.10 Å². The van der Waals surface area contributed by atoms with E-state index in [1.165, 1.54) is 15.3 Å². The monoisotopic (exact) mass is 354 g/mol. The number of hydrogen-bond donors (Lipinski definition) is 2. The first-order chi connectivity index (χ1) is 12.3. The Balaban J connectivity index is 2.06. The average molecular weight is 354 g/mol. The van der Waals surface area contributed by atoms with E-state index in [2.05, 4.69) is 10.4 Å². The van der Waals surface area contributed by atoms with Crippen LogP contribution in [-0.2, 0) is 17.9 Å². The summed E-state index contributed by atoms with van der Waals surface area (Å²) in [6.45, 7) is 5.22. The van der Waals surface area contributed by atoms with Crippen LogP contribution in [0.1, 0.15) is 26.3 Å². The molecular weight excluding hydrogens is 332 g/mol. The predicted molar refractivity (Wildman–Crippen MR) is 98.7 cm³/mol. The first-order valence-corrected chi connectivity index (χ1v) is 8.38. The number of aliphatic hydroxyl groups excluding tert-OH is 1. The van der Waals surface area contributed by atoms with Crippen LogP contribution in [0.3, 0.4) is 0 Å². The molecule has 2 aromatic heterocycles. The zero-order chi connectivity index (χ0) is 18.9. The molecule has 3 aromatic rings. The molecule has 7 heteroatoms. The summed E-state index contributed by atoms with van der Waals surface area (Å²) in [5, 5.41) is 17.1. The van der Waals surface area contributed by atoms with E-state index in [1.54, 1.807) is 6.20 Å². The third-order valence-electron chi connectivity index (χ3n) is 3.89. The van der Waals surface area contributed by atoms with Gasteiger partial charge in [-0.15, -0.1) is 0 Å². The van der Waals surface area contributed by atoms with E-state index in [-0.39, 0.29) is 35.7 Å². The van der Waals surface area contributed by atoms with E-state index < -0.39 is 0 Å². The smallest absolute Gasteiger partial charge is 0.277 e. The molecule has 0 unspecified atom stereocenters. The number of nitrogens with zero attached hydrogens (tertiary/aromatic N) is 3. The SMILES string of the molecule is CC(C)(C)NC(=O)Cn1ccn2nc(-c3ccccc3)c(CO)c2c1=O. The average Bonchev–Trinajstić information content (AvgIpc) is 2.96. The summed E-state index contributed by atoms with van der Waals surface area (Å²) in [6, 6.07) is 9.37. The Kier molecular flexibility index (Phi) is 4.65. The number of aliphatic hydroxyl groups is 1. The molecule has 1 amide bonds. The molecule has 136 valence electrons. The van der Waals surface area contributed by atoms with Gasteiger partial charge in [0.2, 0.25) is 5.91 Å². The summed E-state index contributed by atoms with van der Waals surface area (Å²) in [4.78, 5) is 25.0. The van der Waals surface area contributed by atoms with Crippen LogP contribution in [0.25, 0.3) is 16.8 Å². The largest absolute Gasteiger partial charge is 0.392 e. The predicted octanol–water partition coefficient (Wildman–Crippen LogP) is 1.57. The van der Waals surface area contributed by atoms with Crippen LogP contribution in [0.4, 0.5) is 0 Å². The van der Waals surface area contributed by atoms with Crippen LogP contribution >= 0.6 is 0 Å². The first kappa shape index (κ1) is 17.9. The van der Waals surface area contributed by atoms with Gasteiger partial charge in [-0.1, -0.05) is 30.3 Å². The Hall–Kier alpha value is -2.93. The zero-order valence-corrected chi connectivity index (χ0v) is 15.1. The maximum atomic E-state index is 12.9. The number of nitrogens with one attached hydrogen (secondary N) is 1. The molecule has 2 heterocycles. The fourth-order valence-corrected chi connectivity index (χ4v) is 2.87. The summed E-state index contributed by atoms with van der Waals surface area (Å²) in [5.74, 6) is -0.253. The zero-order valence-electron chi connectivity index (χ0n) is 15.1. The van der Waals surface area contributed by atoms with Gasteiger partial charge in [-0.25, -0.2) is 4.52 Å². The number of amides is 1. The van der Waals surface area contributed by atoms with Crippen LogP contribution in [0, 0.1) is 0 Å². The molecule has 26 heavy (non-hydrogen) atoms. The van der Waals surface area contributed by atoms with Gasteiger partial charge in [-0.05, 0) is 20.8 Å². The molecule has 0 fully saturated rings. The van der Waals surface area contributed by atoms with Crippen molar-refractivity contribution in [3.63, 3.8) is 0 Å². The Morgan fingerprint density at radius 2 is 1.88 bits per heavy atom. The van der Waals surface area contributed by atoms with Gasteiger partial charge in [0, 0.05) is 29.1 Å². The fraction of sp³-hybridized carbons (Fsp3) is 0.316. The first-order valence-electron chi connectivity index (χ1n) is 8.38. The summed E-state index contributed by atoms with van der Waals surface area (Å²) >= 11 is 0. The maximum absolute atomic E-state index is 12.9. The maximum Gasteiger partial charge on any atom is 0.277 e. The molecule has 0 aliphatic heterocycles. The van der Waals surface area contributed by atoms with Crippen molar-refractivity contribution in [1.29, 1.82) is 0 Å². The molecule has 0 aliphatic rings.